The van der Waals surface area contributed by atoms with Crippen molar-refractivity contribution in [3.8, 4) is 0 Å². The minimum Gasteiger partial charge on any atom is -0.323 e. The highest BCUT2D eigenvalue weighted by Crippen LogP contribution is 2.17. The van der Waals surface area contributed by atoms with Crippen LogP contribution in [0.15, 0.2) is 18.2 Å². The molecule has 0 aromatic heterocycles. The zero-order valence-corrected chi connectivity index (χ0v) is 10.4. The summed E-state index contributed by atoms with van der Waals surface area (Å²) in [6.07, 6.45) is 0. The maximum atomic E-state index is 11.4. The van der Waals surface area contributed by atoms with Crippen molar-refractivity contribution in [1.29, 1.82) is 0 Å². The Morgan fingerprint density at radius 2 is 2.07 bits per heavy atom. The molecule has 0 aliphatic heterocycles. The Bertz CT molecular complexity index is 363. The van der Waals surface area contributed by atoms with Crippen LogP contribution in [0.5, 0.6) is 0 Å². The molecule has 2 atom stereocenters. The third-order valence-electron chi connectivity index (χ3n) is 2.51. The van der Waals surface area contributed by atoms with E-state index in [9.17, 15) is 4.21 Å². The Balaban J connectivity index is 2.82. The van der Waals surface area contributed by atoms with E-state index < -0.39 is 10.8 Å². The minimum absolute atomic E-state index is 0.105. The van der Waals surface area contributed by atoms with E-state index in [1.807, 2.05) is 13.0 Å². The lowest BCUT2D eigenvalue weighted by molar-refractivity contribution is 0.675. The van der Waals surface area contributed by atoms with Crippen molar-refractivity contribution in [2.75, 3.05) is 11.5 Å². The van der Waals surface area contributed by atoms with E-state index in [1.54, 1.807) is 0 Å². The second kappa shape index (κ2) is 5.42. The van der Waals surface area contributed by atoms with Crippen molar-refractivity contribution in [3.63, 3.8) is 0 Å². The predicted octanol–water partition coefficient (Wildman–Crippen LogP) is 2.07. The second-order valence-electron chi connectivity index (χ2n) is 3.86. The van der Waals surface area contributed by atoms with Crippen LogP contribution in [0.2, 0.25) is 0 Å². The van der Waals surface area contributed by atoms with Gasteiger partial charge in [-0.05, 0) is 25.0 Å². The molecule has 84 valence electrons. The molecular weight excluding hydrogens is 206 g/mol. The molecule has 0 radical (unpaired) electrons. The summed E-state index contributed by atoms with van der Waals surface area (Å²) >= 11 is 0. The summed E-state index contributed by atoms with van der Waals surface area (Å²) in [7, 11) is -0.796. The summed E-state index contributed by atoms with van der Waals surface area (Å²) < 4.78 is 11.4. The lowest BCUT2D eigenvalue weighted by Crippen LogP contribution is -2.20. The van der Waals surface area contributed by atoms with Crippen molar-refractivity contribution in [2.45, 2.75) is 26.8 Å². The van der Waals surface area contributed by atoms with Crippen LogP contribution >= 0.6 is 0 Å². The van der Waals surface area contributed by atoms with Crippen LogP contribution in [-0.2, 0) is 10.8 Å². The van der Waals surface area contributed by atoms with Gasteiger partial charge in [0, 0.05) is 28.3 Å². The highest BCUT2D eigenvalue weighted by Gasteiger charge is 2.11. The van der Waals surface area contributed by atoms with E-state index in [2.05, 4.69) is 26.0 Å². The first-order valence-electron chi connectivity index (χ1n) is 5.22. The van der Waals surface area contributed by atoms with Crippen LogP contribution in [0, 0.1) is 13.8 Å². The van der Waals surface area contributed by atoms with E-state index in [0.29, 0.717) is 11.5 Å². The summed E-state index contributed by atoms with van der Waals surface area (Å²) in [6.45, 7) is 6.04. The van der Waals surface area contributed by atoms with Crippen molar-refractivity contribution < 1.29 is 4.21 Å². The fourth-order valence-corrected chi connectivity index (χ4v) is 2.47. The Morgan fingerprint density at radius 3 is 2.60 bits per heavy atom. The topological polar surface area (TPSA) is 43.1 Å². The number of aryl methyl sites for hydroxylation is 2. The van der Waals surface area contributed by atoms with Gasteiger partial charge < -0.3 is 5.73 Å². The number of nitrogens with two attached hydrogens (primary N) is 1. The molecule has 0 fully saturated rings. The molecule has 2 N–H and O–H groups in total. The molecular formula is C12H19NOS. The third-order valence-corrected chi connectivity index (χ3v) is 3.89. The molecule has 2 unspecified atom stereocenters. The van der Waals surface area contributed by atoms with Crippen LogP contribution in [0.4, 0.5) is 0 Å². The lowest BCUT2D eigenvalue weighted by Gasteiger charge is -2.14. The summed E-state index contributed by atoms with van der Waals surface area (Å²) in [6, 6.07) is 6.11. The molecule has 15 heavy (non-hydrogen) atoms. The van der Waals surface area contributed by atoms with E-state index in [0.717, 1.165) is 5.56 Å². The Labute approximate surface area is 94.3 Å². The Morgan fingerprint density at radius 1 is 1.40 bits per heavy atom. The SMILES string of the molecule is CCS(=O)CC(N)c1ccc(C)cc1C. The van der Waals surface area contributed by atoms with Gasteiger partial charge >= 0.3 is 0 Å². The number of hydrogen-bond donors (Lipinski definition) is 1. The smallest absolute Gasteiger partial charge is 0.0428 e. The highest BCUT2D eigenvalue weighted by molar-refractivity contribution is 7.84. The van der Waals surface area contributed by atoms with E-state index >= 15 is 0 Å². The fourth-order valence-electron chi connectivity index (χ4n) is 1.65. The van der Waals surface area contributed by atoms with E-state index in [4.69, 9.17) is 5.73 Å². The predicted molar refractivity (Wildman–Crippen MR) is 66.4 cm³/mol. The van der Waals surface area contributed by atoms with Gasteiger partial charge in [0.1, 0.15) is 0 Å². The van der Waals surface area contributed by atoms with Crippen molar-refractivity contribution in [2.24, 2.45) is 5.73 Å². The third kappa shape index (κ3) is 3.43. The highest BCUT2D eigenvalue weighted by atomic mass is 32.2. The van der Waals surface area contributed by atoms with Crippen molar-refractivity contribution in [1.82, 2.24) is 0 Å². The summed E-state index contributed by atoms with van der Waals surface area (Å²) in [5.41, 5.74) is 9.57. The molecule has 0 saturated carbocycles. The van der Waals surface area contributed by atoms with E-state index in [1.165, 1.54) is 11.1 Å². The monoisotopic (exact) mass is 225 g/mol. The largest absolute Gasteiger partial charge is 0.323 e. The first-order valence-corrected chi connectivity index (χ1v) is 6.71. The minimum atomic E-state index is -0.796. The van der Waals surface area contributed by atoms with Crippen LogP contribution in [0.25, 0.3) is 0 Å². The number of hydrogen-bond acceptors (Lipinski definition) is 2. The first kappa shape index (κ1) is 12.4. The number of rotatable bonds is 4. The standard InChI is InChI=1S/C12H19NOS/c1-4-15(14)8-12(13)11-6-5-9(2)7-10(11)3/h5-7,12H,4,8,13H2,1-3H3. The fraction of sp³-hybridized carbons (Fsp3) is 0.500. The van der Waals surface area contributed by atoms with E-state index in [-0.39, 0.29) is 6.04 Å². The molecule has 0 bridgehead atoms. The van der Waals surface area contributed by atoms with Gasteiger partial charge in [-0.1, -0.05) is 30.7 Å². The lowest BCUT2D eigenvalue weighted by atomic mass is 10.0. The van der Waals surface area contributed by atoms with Crippen LogP contribution in [0.3, 0.4) is 0 Å². The molecule has 0 aliphatic carbocycles. The van der Waals surface area contributed by atoms with Crippen LogP contribution in [-0.4, -0.2) is 15.7 Å². The zero-order chi connectivity index (χ0) is 11.4. The van der Waals surface area contributed by atoms with Gasteiger partial charge in [0.05, 0.1) is 0 Å². The molecule has 2 nitrogen and oxygen atoms in total. The molecule has 1 aromatic rings. The molecule has 0 saturated heterocycles. The average molecular weight is 225 g/mol. The number of benzene rings is 1. The first-order chi connectivity index (χ1) is 7.04. The quantitative estimate of drug-likeness (QED) is 0.852. The van der Waals surface area contributed by atoms with Gasteiger partial charge in [-0.15, -0.1) is 0 Å². The van der Waals surface area contributed by atoms with Crippen LogP contribution in [0.1, 0.15) is 29.7 Å². The molecule has 1 aromatic carbocycles. The molecule has 0 heterocycles. The molecule has 0 aliphatic rings. The van der Waals surface area contributed by atoms with Gasteiger partial charge in [-0.3, -0.25) is 4.21 Å². The van der Waals surface area contributed by atoms with Gasteiger partial charge in [0.25, 0.3) is 0 Å². The molecule has 0 spiro atoms. The Kier molecular flexibility index (Phi) is 4.48. The summed E-state index contributed by atoms with van der Waals surface area (Å²) in [5.74, 6) is 1.24. The van der Waals surface area contributed by atoms with Gasteiger partial charge in [0.2, 0.25) is 0 Å². The molecule has 3 heteroatoms. The van der Waals surface area contributed by atoms with Crippen molar-refractivity contribution in [3.05, 3.63) is 34.9 Å². The van der Waals surface area contributed by atoms with Gasteiger partial charge in [-0.2, -0.15) is 0 Å². The summed E-state index contributed by atoms with van der Waals surface area (Å²) in [4.78, 5) is 0. The normalized spacial score (nSPS) is 14.9. The Hall–Kier alpha value is -0.670. The second-order valence-corrected chi connectivity index (χ2v) is 5.65. The average Bonchev–Trinajstić information content (AvgIpc) is 2.17. The van der Waals surface area contributed by atoms with Crippen LogP contribution < -0.4 is 5.73 Å². The maximum Gasteiger partial charge on any atom is 0.0428 e. The molecule has 0 amide bonds. The molecule has 1 rings (SSSR count). The van der Waals surface area contributed by atoms with Crippen molar-refractivity contribution >= 4 is 10.8 Å². The van der Waals surface area contributed by atoms with Gasteiger partial charge in [-0.25, -0.2) is 0 Å². The summed E-state index contributed by atoms with van der Waals surface area (Å²) in [5, 5.41) is 0. The maximum absolute atomic E-state index is 11.4. The van der Waals surface area contributed by atoms with Gasteiger partial charge in [0.15, 0.2) is 0 Å². The zero-order valence-electron chi connectivity index (χ0n) is 9.62.